The fourth-order valence-corrected chi connectivity index (χ4v) is 3.08. The van der Waals surface area contributed by atoms with E-state index in [9.17, 15) is 4.79 Å². The zero-order chi connectivity index (χ0) is 15.4. The lowest BCUT2D eigenvalue weighted by Gasteiger charge is -2.29. The van der Waals surface area contributed by atoms with Crippen LogP contribution in [0.4, 0.5) is 0 Å². The standard InChI is InChI=1S/C18H28N2O/c1-5-17-12-19(4)9-6-10-20(17)13-18(21)16-8-7-14(2)15(3)11-16/h7-8,11,17H,5-6,9-10,12-13H2,1-4H3. The molecule has 0 spiro atoms. The molecule has 1 heterocycles. The van der Waals surface area contributed by atoms with Gasteiger partial charge in [0.2, 0.25) is 0 Å². The Morgan fingerprint density at radius 3 is 2.67 bits per heavy atom. The average molecular weight is 288 g/mol. The zero-order valence-corrected chi connectivity index (χ0v) is 13.9. The molecule has 116 valence electrons. The first kappa shape index (κ1) is 16.2. The highest BCUT2D eigenvalue weighted by atomic mass is 16.1. The number of carbonyl (C=O) groups excluding carboxylic acids is 1. The number of aryl methyl sites for hydroxylation is 2. The lowest BCUT2D eigenvalue weighted by Crippen LogP contribution is -2.42. The maximum absolute atomic E-state index is 12.6. The van der Waals surface area contributed by atoms with Gasteiger partial charge in [0.05, 0.1) is 6.54 Å². The molecule has 1 aromatic rings. The Kier molecular flexibility index (Phi) is 5.54. The fraction of sp³-hybridized carbons (Fsp3) is 0.611. The van der Waals surface area contributed by atoms with E-state index in [0.717, 1.165) is 38.0 Å². The Hall–Kier alpha value is -1.19. The highest BCUT2D eigenvalue weighted by Gasteiger charge is 2.24. The van der Waals surface area contributed by atoms with E-state index in [-0.39, 0.29) is 5.78 Å². The topological polar surface area (TPSA) is 23.6 Å². The molecule has 0 saturated carbocycles. The summed E-state index contributed by atoms with van der Waals surface area (Å²) in [7, 11) is 2.18. The van der Waals surface area contributed by atoms with Crippen molar-refractivity contribution in [3.63, 3.8) is 0 Å². The lowest BCUT2D eigenvalue weighted by atomic mass is 10.0. The van der Waals surface area contributed by atoms with Crippen LogP contribution in [-0.2, 0) is 0 Å². The number of carbonyl (C=O) groups is 1. The van der Waals surface area contributed by atoms with Crippen molar-refractivity contribution in [2.75, 3.05) is 33.2 Å². The van der Waals surface area contributed by atoms with E-state index in [1.165, 1.54) is 11.1 Å². The summed E-state index contributed by atoms with van der Waals surface area (Å²) in [4.78, 5) is 17.3. The lowest BCUT2D eigenvalue weighted by molar-refractivity contribution is 0.0888. The first-order chi connectivity index (χ1) is 10.0. The van der Waals surface area contributed by atoms with Gasteiger partial charge in [-0.3, -0.25) is 9.69 Å². The van der Waals surface area contributed by atoms with Crippen molar-refractivity contribution in [3.05, 3.63) is 34.9 Å². The second kappa shape index (κ2) is 7.19. The number of rotatable bonds is 4. The number of ketones is 1. The molecule has 0 amide bonds. The second-order valence-electron chi connectivity index (χ2n) is 6.37. The van der Waals surface area contributed by atoms with Crippen molar-refractivity contribution in [2.45, 2.75) is 39.7 Å². The molecule has 3 nitrogen and oxygen atoms in total. The molecule has 0 N–H and O–H groups in total. The van der Waals surface area contributed by atoms with E-state index in [1.807, 2.05) is 12.1 Å². The van der Waals surface area contributed by atoms with E-state index in [4.69, 9.17) is 0 Å². The van der Waals surface area contributed by atoms with E-state index >= 15 is 0 Å². The van der Waals surface area contributed by atoms with Crippen LogP contribution in [0.1, 0.15) is 41.3 Å². The van der Waals surface area contributed by atoms with E-state index in [1.54, 1.807) is 0 Å². The molecule has 3 heteroatoms. The maximum Gasteiger partial charge on any atom is 0.176 e. The van der Waals surface area contributed by atoms with Gasteiger partial charge in [0.25, 0.3) is 0 Å². The van der Waals surface area contributed by atoms with Crippen LogP contribution >= 0.6 is 0 Å². The molecule has 1 fully saturated rings. The smallest absolute Gasteiger partial charge is 0.176 e. The van der Waals surface area contributed by atoms with Crippen LogP contribution in [0.5, 0.6) is 0 Å². The summed E-state index contributed by atoms with van der Waals surface area (Å²) in [5, 5.41) is 0. The Labute approximate surface area is 128 Å². The fourth-order valence-electron chi connectivity index (χ4n) is 3.08. The van der Waals surface area contributed by atoms with Crippen LogP contribution in [-0.4, -0.2) is 54.9 Å². The number of nitrogens with zero attached hydrogens (tertiary/aromatic N) is 2. The minimum absolute atomic E-state index is 0.251. The molecule has 0 bridgehead atoms. The highest BCUT2D eigenvalue weighted by Crippen LogP contribution is 2.15. The summed E-state index contributed by atoms with van der Waals surface area (Å²) >= 11 is 0. The van der Waals surface area contributed by atoms with Crippen LogP contribution in [0, 0.1) is 13.8 Å². The van der Waals surface area contributed by atoms with Gasteiger partial charge in [0, 0.05) is 24.7 Å². The van der Waals surface area contributed by atoms with Crippen molar-refractivity contribution in [3.8, 4) is 0 Å². The van der Waals surface area contributed by atoms with Gasteiger partial charge in [-0.05, 0) is 57.5 Å². The minimum atomic E-state index is 0.251. The first-order valence-corrected chi connectivity index (χ1v) is 8.04. The molecule has 1 atom stereocenters. The van der Waals surface area contributed by atoms with Gasteiger partial charge in [-0.25, -0.2) is 0 Å². The highest BCUT2D eigenvalue weighted by molar-refractivity contribution is 5.97. The SMILES string of the molecule is CCC1CN(C)CCCN1CC(=O)c1ccc(C)c(C)c1. The van der Waals surface area contributed by atoms with Crippen molar-refractivity contribution in [2.24, 2.45) is 0 Å². The van der Waals surface area contributed by atoms with E-state index in [2.05, 4.69) is 43.7 Å². The number of hydrogen-bond acceptors (Lipinski definition) is 3. The molecule has 2 rings (SSSR count). The normalized spacial score (nSPS) is 21.2. The van der Waals surface area contributed by atoms with Crippen LogP contribution in [0.3, 0.4) is 0 Å². The van der Waals surface area contributed by atoms with Crippen LogP contribution < -0.4 is 0 Å². The predicted molar refractivity (Wildman–Crippen MR) is 88.0 cm³/mol. The van der Waals surface area contributed by atoms with Crippen molar-refractivity contribution in [1.29, 1.82) is 0 Å². The molecule has 1 aliphatic heterocycles. The molecule has 1 aliphatic rings. The van der Waals surface area contributed by atoms with Crippen LogP contribution in [0.25, 0.3) is 0 Å². The Bertz CT molecular complexity index is 498. The summed E-state index contributed by atoms with van der Waals surface area (Å²) in [6, 6.07) is 6.54. The number of Topliss-reactive ketones (excluding diaryl/α,β-unsaturated/α-hetero) is 1. The Balaban J connectivity index is 2.07. The average Bonchev–Trinajstić information content (AvgIpc) is 2.63. The second-order valence-corrected chi connectivity index (χ2v) is 6.37. The molecule has 1 aromatic carbocycles. The predicted octanol–water partition coefficient (Wildman–Crippen LogP) is 2.90. The van der Waals surface area contributed by atoms with Gasteiger partial charge in [-0.2, -0.15) is 0 Å². The summed E-state index contributed by atoms with van der Waals surface area (Å²) in [5.41, 5.74) is 3.29. The van der Waals surface area contributed by atoms with Crippen molar-refractivity contribution in [1.82, 2.24) is 9.80 Å². The minimum Gasteiger partial charge on any atom is -0.305 e. The summed E-state index contributed by atoms with van der Waals surface area (Å²) in [5.74, 6) is 0.251. The number of benzene rings is 1. The molecular weight excluding hydrogens is 260 g/mol. The molecule has 1 unspecified atom stereocenters. The van der Waals surface area contributed by atoms with Gasteiger partial charge in [-0.15, -0.1) is 0 Å². The maximum atomic E-state index is 12.6. The number of hydrogen-bond donors (Lipinski definition) is 0. The van der Waals surface area contributed by atoms with Crippen LogP contribution in [0.2, 0.25) is 0 Å². The molecule has 0 aromatic heterocycles. The molecule has 0 aliphatic carbocycles. The number of likely N-dealkylation sites (N-methyl/N-ethyl adjacent to an activating group) is 1. The van der Waals surface area contributed by atoms with E-state index in [0.29, 0.717) is 12.6 Å². The molecular formula is C18H28N2O. The van der Waals surface area contributed by atoms with Gasteiger partial charge >= 0.3 is 0 Å². The molecule has 1 saturated heterocycles. The monoisotopic (exact) mass is 288 g/mol. The third-order valence-electron chi connectivity index (χ3n) is 4.67. The quantitative estimate of drug-likeness (QED) is 0.796. The molecule has 0 radical (unpaired) electrons. The largest absolute Gasteiger partial charge is 0.305 e. The van der Waals surface area contributed by atoms with Crippen molar-refractivity contribution >= 4 is 5.78 Å². The first-order valence-electron chi connectivity index (χ1n) is 8.04. The Morgan fingerprint density at radius 1 is 1.24 bits per heavy atom. The third-order valence-corrected chi connectivity index (χ3v) is 4.67. The summed E-state index contributed by atoms with van der Waals surface area (Å²) in [6.45, 7) is 10.1. The van der Waals surface area contributed by atoms with Gasteiger partial charge < -0.3 is 4.90 Å². The summed E-state index contributed by atoms with van der Waals surface area (Å²) < 4.78 is 0. The van der Waals surface area contributed by atoms with Gasteiger partial charge in [0.1, 0.15) is 0 Å². The van der Waals surface area contributed by atoms with Crippen LogP contribution in [0.15, 0.2) is 18.2 Å². The van der Waals surface area contributed by atoms with Gasteiger partial charge in [0.15, 0.2) is 5.78 Å². The zero-order valence-electron chi connectivity index (χ0n) is 13.9. The van der Waals surface area contributed by atoms with Gasteiger partial charge in [-0.1, -0.05) is 19.1 Å². The molecule has 21 heavy (non-hydrogen) atoms. The van der Waals surface area contributed by atoms with Crippen molar-refractivity contribution < 1.29 is 4.79 Å². The third kappa shape index (κ3) is 4.14. The van der Waals surface area contributed by atoms with E-state index < -0.39 is 0 Å². The summed E-state index contributed by atoms with van der Waals surface area (Å²) in [6.07, 6.45) is 2.25. The Morgan fingerprint density at radius 2 is 2.00 bits per heavy atom.